The van der Waals surface area contributed by atoms with Crippen molar-refractivity contribution in [3.63, 3.8) is 0 Å². The molecule has 2 N–H and O–H groups in total. The van der Waals surface area contributed by atoms with Gasteiger partial charge in [0.1, 0.15) is 18.3 Å². The highest BCUT2D eigenvalue weighted by Crippen LogP contribution is 2.43. The highest BCUT2D eigenvalue weighted by atomic mass is 28.4. The molecule has 0 radical (unpaired) electrons. The molecule has 2 heterocycles. The molecule has 0 unspecified atom stereocenters. The summed E-state index contributed by atoms with van der Waals surface area (Å²) in [6.45, 7) is 13.1. The van der Waals surface area contributed by atoms with Crippen LogP contribution in [0.3, 0.4) is 0 Å². The normalized spacial score (nSPS) is 21.7. The first kappa shape index (κ1) is 31.7. The monoisotopic (exact) mass is 592 g/mol. The number of hydrogen-bond donors (Lipinski definition) is 2. The minimum atomic E-state index is -2.59. The van der Waals surface area contributed by atoms with Crippen LogP contribution >= 0.6 is 0 Å². The van der Waals surface area contributed by atoms with E-state index in [1.165, 1.54) is 44.4 Å². The van der Waals surface area contributed by atoms with Crippen LogP contribution in [-0.4, -0.2) is 66.3 Å². The van der Waals surface area contributed by atoms with Crippen LogP contribution in [0.25, 0.3) is 0 Å². The van der Waals surface area contributed by atoms with Gasteiger partial charge in [0.25, 0.3) is 11.2 Å². The van der Waals surface area contributed by atoms with Gasteiger partial charge in [0.05, 0.1) is 10.5 Å². The summed E-state index contributed by atoms with van der Waals surface area (Å²) in [5.41, 5.74) is -1.27. The van der Waals surface area contributed by atoms with E-state index in [0.717, 1.165) is 4.57 Å². The average molecular weight is 593 g/mol. The summed E-state index contributed by atoms with van der Waals surface area (Å²) in [5.74, 6) is -0.772. The van der Waals surface area contributed by atoms with E-state index in [2.05, 4.69) is 10.3 Å². The molecule has 1 aliphatic heterocycles. The second-order valence-electron chi connectivity index (χ2n) is 11.3. The van der Waals surface area contributed by atoms with E-state index in [9.17, 15) is 29.3 Å². The van der Waals surface area contributed by atoms with E-state index >= 15 is 0 Å². The number of non-ortho nitro benzene ring substituents is 1. The Morgan fingerprint density at radius 3 is 2.32 bits per heavy atom. The average Bonchev–Trinajstić information content (AvgIpc) is 3.22. The minimum Gasteiger partial charge on any atom is -0.456 e. The third-order valence-electron chi connectivity index (χ3n) is 7.40. The Bertz CT molecular complexity index is 1410. The number of nitro benzene ring substituents is 1. The third kappa shape index (κ3) is 6.91. The van der Waals surface area contributed by atoms with Crippen molar-refractivity contribution < 1.29 is 33.1 Å². The van der Waals surface area contributed by atoms with Crippen molar-refractivity contribution in [1.29, 1.82) is 0 Å². The zero-order valence-electron chi connectivity index (χ0n) is 24.3. The number of hydrogen-bond acceptors (Lipinski definition) is 10. The van der Waals surface area contributed by atoms with Crippen molar-refractivity contribution in [3.05, 3.63) is 72.5 Å². The first-order valence-corrected chi connectivity index (χ1v) is 15.9. The molecular weight excluding hydrogens is 556 g/mol. The van der Waals surface area contributed by atoms with Crippen molar-refractivity contribution in [1.82, 2.24) is 14.9 Å². The van der Waals surface area contributed by atoms with E-state index in [0.29, 0.717) is 0 Å². The van der Waals surface area contributed by atoms with Crippen LogP contribution in [0.15, 0.2) is 40.1 Å². The smallest absolute Gasteiger partial charge is 0.407 e. The number of carbonyl (C=O) groups excluding carboxylic acids is 2. The number of aromatic nitrogens is 2. The quantitative estimate of drug-likeness (QED) is 0.200. The number of H-pyrrole nitrogens is 1. The molecule has 3 rings (SSSR count). The Hall–Kier alpha value is -3.82. The van der Waals surface area contributed by atoms with Gasteiger partial charge in [-0.25, -0.2) is 14.4 Å². The van der Waals surface area contributed by atoms with Crippen molar-refractivity contribution >= 4 is 26.1 Å². The fraction of sp³-hybridized carbons (Fsp3) is 0.538. The van der Waals surface area contributed by atoms with Crippen molar-refractivity contribution in [2.24, 2.45) is 0 Å². The fourth-order valence-corrected chi connectivity index (χ4v) is 5.33. The molecule has 14 nitrogen and oxygen atoms in total. The van der Waals surface area contributed by atoms with Crippen LogP contribution < -0.4 is 16.6 Å². The summed E-state index contributed by atoms with van der Waals surface area (Å²) < 4.78 is 25.4. The number of alkyl carbamates (subject to hydrolysis) is 1. The van der Waals surface area contributed by atoms with Gasteiger partial charge in [-0.3, -0.25) is 24.5 Å². The van der Waals surface area contributed by atoms with Gasteiger partial charge in [-0.05, 0) is 44.1 Å². The zero-order valence-corrected chi connectivity index (χ0v) is 25.3. The number of rotatable bonds is 8. The number of esters is 1. The first-order valence-electron chi connectivity index (χ1n) is 13.0. The third-order valence-corrected chi connectivity index (χ3v) is 11.9. The van der Waals surface area contributed by atoms with Crippen LogP contribution in [0.4, 0.5) is 10.5 Å². The van der Waals surface area contributed by atoms with Crippen LogP contribution in [0, 0.1) is 17.0 Å². The maximum absolute atomic E-state index is 13.0. The van der Waals surface area contributed by atoms with Gasteiger partial charge in [-0.1, -0.05) is 20.8 Å². The van der Waals surface area contributed by atoms with Gasteiger partial charge >= 0.3 is 17.8 Å². The number of aromatic amines is 1. The zero-order chi connectivity index (χ0) is 30.9. The topological polar surface area (TPSA) is 181 Å². The highest BCUT2D eigenvalue weighted by Gasteiger charge is 2.55. The molecule has 224 valence electrons. The molecule has 0 saturated carbocycles. The summed E-state index contributed by atoms with van der Waals surface area (Å²) >= 11 is 0. The molecule has 15 heteroatoms. The number of carbonyl (C=O) groups is 2. The van der Waals surface area contributed by atoms with Gasteiger partial charge in [-0.2, -0.15) is 0 Å². The predicted molar refractivity (Wildman–Crippen MR) is 149 cm³/mol. The Balaban J connectivity index is 2.05. The first-order chi connectivity index (χ1) is 19.0. The predicted octanol–water partition coefficient (Wildman–Crippen LogP) is 3.01. The molecule has 1 amide bonds. The van der Waals surface area contributed by atoms with Gasteiger partial charge in [-0.15, -0.1) is 0 Å². The van der Waals surface area contributed by atoms with Crippen LogP contribution in [-0.2, 0) is 18.6 Å². The summed E-state index contributed by atoms with van der Waals surface area (Å²) in [6.07, 6.45) is -4.94. The molecule has 0 spiro atoms. The number of nitrogens with zero attached hydrogens (tertiary/aromatic N) is 2. The summed E-state index contributed by atoms with van der Waals surface area (Å²) in [6, 6.07) is 4.92. The minimum absolute atomic E-state index is 0.0736. The largest absolute Gasteiger partial charge is 0.456 e. The molecule has 2 aromatic rings. The molecule has 1 aromatic heterocycles. The molecule has 1 aliphatic rings. The number of amides is 1. The number of ether oxygens (including phenoxy) is 3. The SMILES string of the molecule is CNC(=O)O[C@@H]1[C@H](O[Si](C)(C)C(C)(C)C)[C@@H]([C@H](C)OC(=O)c2ccc([N+](=O)[O-])cc2)O[C@H]1n1cc(C)c(=O)[nH]c1=O. The lowest BCUT2D eigenvalue weighted by Crippen LogP contribution is -2.52. The van der Waals surface area contributed by atoms with Crippen LogP contribution in [0.1, 0.15) is 49.8 Å². The lowest BCUT2D eigenvalue weighted by atomic mass is 10.1. The van der Waals surface area contributed by atoms with Crippen molar-refractivity contribution in [3.8, 4) is 0 Å². The van der Waals surface area contributed by atoms with E-state index in [1.54, 1.807) is 6.92 Å². The maximum Gasteiger partial charge on any atom is 0.407 e. The second-order valence-corrected chi connectivity index (χ2v) is 16.1. The van der Waals surface area contributed by atoms with E-state index < -0.39 is 67.2 Å². The molecule has 41 heavy (non-hydrogen) atoms. The van der Waals surface area contributed by atoms with Crippen molar-refractivity contribution in [2.45, 2.75) is 83.4 Å². The lowest BCUT2D eigenvalue weighted by Gasteiger charge is -2.41. The number of nitrogens with one attached hydrogen (secondary N) is 2. The molecule has 5 atom stereocenters. The number of nitro groups is 1. The summed E-state index contributed by atoms with van der Waals surface area (Å²) in [4.78, 5) is 62.9. The summed E-state index contributed by atoms with van der Waals surface area (Å²) in [5, 5.41) is 13.1. The Labute approximate surface area is 237 Å². The standard InChI is InChI=1S/C26H36N4O10Si/c1-14-13-29(24(33)28-21(14)31)22-20(39-25(34)27-6)19(40-41(7,8)26(3,4)5)18(38-22)15(2)37-23(32)16-9-11-17(12-10-16)30(35)36/h9-13,15,18-20,22H,1-8H3,(H,27,34)(H,28,31,33)/t15-,18+,19+,20+,22+/m0/s1. The molecular formula is C26H36N4O10Si. The van der Waals surface area contributed by atoms with Gasteiger partial charge in [0, 0.05) is 30.9 Å². The van der Waals surface area contributed by atoms with E-state index in [-0.39, 0.29) is 21.9 Å². The molecule has 1 aromatic carbocycles. The lowest BCUT2D eigenvalue weighted by molar-refractivity contribution is -0.384. The van der Waals surface area contributed by atoms with Gasteiger partial charge < -0.3 is 24.0 Å². The van der Waals surface area contributed by atoms with Crippen molar-refractivity contribution in [2.75, 3.05) is 7.05 Å². The number of benzene rings is 1. The van der Waals surface area contributed by atoms with Crippen LogP contribution in [0.2, 0.25) is 18.1 Å². The second kappa shape index (κ2) is 12.0. The Morgan fingerprint density at radius 1 is 1.17 bits per heavy atom. The van der Waals surface area contributed by atoms with E-state index in [4.69, 9.17) is 18.6 Å². The maximum atomic E-state index is 13.0. The highest BCUT2D eigenvalue weighted by molar-refractivity contribution is 6.74. The Morgan fingerprint density at radius 2 is 1.78 bits per heavy atom. The molecule has 0 bridgehead atoms. The van der Waals surface area contributed by atoms with E-state index in [1.807, 2.05) is 33.9 Å². The van der Waals surface area contributed by atoms with Gasteiger partial charge in [0.15, 0.2) is 20.6 Å². The Kier molecular flexibility index (Phi) is 9.25. The fourth-order valence-electron chi connectivity index (χ4n) is 4.02. The van der Waals surface area contributed by atoms with Crippen LogP contribution in [0.5, 0.6) is 0 Å². The molecule has 1 fully saturated rings. The molecule has 1 saturated heterocycles. The van der Waals surface area contributed by atoms with Gasteiger partial charge in [0.2, 0.25) is 0 Å². The summed E-state index contributed by atoms with van der Waals surface area (Å²) in [7, 11) is -1.21. The number of aryl methyl sites for hydroxylation is 1. The molecule has 0 aliphatic carbocycles.